The summed E-state index contributed by atoms with van der Waals surface area (Å²) in [6, 6.07) is 6.80. The van der Waals surface area contributed by atoms with Crippen LogP contribution in [0, 0.1) is 0 Å². The number of halogens is 1. The molecule has 0 saturated heterocycles. The maximum Gasteiger partial charge on any atom is 0.259 e. The van der Waals surface area contributed by atoms with Gasteiger partial charge in [0.25, 0.3) is 5.56 Å². The lowest BCUT2D eigenvalue weighted by Crippen LogP contribution is -2.24. The Morgan fingerprint density at radius 1 is 0.943 bits per heavy atom. The molecule has 1 aliphatic heterocycles. The van der Waals surface area contributed by atoms with E-state index in [2.05, 4.69) is 10.1 Å². The molecule has 35 heavy (non-hydrogen) atoms. The van der Waals surface area contributed by atoms with Crippen molar-refractivity contribution in [2.75, 3.05) is 21.0 Å². The van der Waals surface area contributed by atoms with E-state index in [9.17, 15) is 9.59 Å². The summed E-state index contributed by atoms with van der Waals surface area (Å²) in [4.78, 5) is 31.4. The van der Waals surface area contributed by atoms with Crippen LogP contribution >= 0.6 is 12.4 Å². The molecule has 0 unspecified atom stereocenters. The Balaban J connectivity index is 0.00000253. The Kier molecular flexibility index (Phi) is 5.60. The van der Waals surface area contributed by atoms with E-state index < -0.39 is 0 Å². The Bertz CT molecular complexity index is 1530. The largest absolute Gasteiger partial charge is 0.493 e. The van der Waals surface area contributed by atoms with Crippen LogP contribution in [0.15, 0.2) is 41.7 Å². The fourth-order valence-electron chi connectivity index (χ4n) is 4.69. The van der Waals surface area contributed by atoms with Crippen LogP contribution in [0.2, 0.25) is 0 Å². The fourth-order valence-corrected chi connectivity index (χ4v) is 4.69. The number of carbonyl (C=O) groups excluding carboxylic acids is 1. The van der Waals surface area contributed by atoms with E-state index in [4.69, 9.17) is 18.9 Å². The molecule has 0 N–H and O–H groups in total. The minimum absolute atomic E-state index is 0. The first-order valence-corrected chi connectivity index (χ1v) is 10.7. The van der Waals surface area contributed by atoms with Gasteiger partial charge in [0.1, 0.15) is 12.7 Å². The van der Waals surface area contributed by atoms with Gasteiger partial charge < -0.3 is 23.5 Å². The number of carbonyl (C=O) groups is 1. The lowest BCUT2D eigenvalue weighted by atomic mass is 10.0. The first-order valence-electron chi connectivity index (χ1n) is 10.7. The van der Waals surface area contributed by atoms with Gasteiger partial charge in [-0.25, -0.2) is 4.98 Å². The van der Waals surface area contributed by atoms with Crippen molar-refractivity contribution >= 4 is 29.0 Å². The van der Waals surface area contributed by atoms with Gasteiger partial charge in [-0.1, -0.05) is 0 Å². The van der Waals surface area contributed by atoms with Crippen LogP contribution < -0.4 is 24.5 Å². The van der Waals surface area contributed by atoms with Crippen molar-refractivity contribution in [2.24, 2.45) is 0 Å². The molecule has 2 aromatic carbocycles. The van der Waals surface area contributed by atoms with Crippen LogP contribution in [-0.4, -0.2) is 46.1 Å². The minimum atomic E-state index is -0.216. The van der Waals surface area contributed by atoms with Crippen LogP contribution in [0.3, 0.4) is 0 Å². The summed E-state index contributed by atoms with van der Waals surface area (Å²) in [5.41, 5.74) is 1.94. The summed E-state index contributed by atoms with van der Waals surface area (Å²) in [6.07, 6.45) is 3.71. The molecule has 6 rings (SSSR count). The highest BCUT2D eigenvalue weighted by Gasteiger charge is 2.35. The highest BCUT2D eigenvalue weighted by atomic mass is 35.5. The van der Waals surface area contributed by atoms with Gasteiger partial charge in [0.15, 0.2) is 28.8 Å². The van der Waals surface area contributed by atoms with E-state index in [0.29, 0.717) is 75.7 Å². The Hall–Kier alpha value is -4.05. The van der Waals surface area contributed by atoms with Crippen molar-refractivity contribution in [3.8, 4) is 34.3 Å². The number of hydrogen-bond acceptors (Lipinski definition) is 8. The molecule has 1 aliphatic carbocycles. The van der Waals surface area contributed by atoms with Gasteiger partial charge in [0, 0.05) is 29.6 Å². The molecular weight excluding hydrogens is 476 g/mol. The SMILES string of the molecule is COc1cc2c3c(n(CCCn4cncn4)c(=O)c2cc1OC)-c1cc2c(cc1C3=O)OCO2.Cl. The summed E-state index contributed by atoms with van der Waals surface area (Å²) in [6.45, 7) is 1.05. The van der Waals surface area contributed by atoms with Gasteiger partial charge >= 0.3 is 0 Å². The molecule has 0 radical (unpaired) electrons. The van der Waals surface area contributed by atoms with Gasteiger partial charge in [-0.3, -0.25) is 14.3 Å². The zero-order chi connectivity index (χ0) is 23.4. The number of pyridine rings is 1. The molecule has 0 spiro atoms. The standard InChI is InChI=1S/C24H20N4O6.ClH/c1-31-17-6-13-16(9-18(17)32-2)24(30)28(5-3-4-27-11-25-10-26-27)22-14-7-19-20(34-12-33-19)8-15(14)23(29)21(13)22;/h6-11H,3-5,12H2,1-2H3;1H. The number of benzene rings is 2. The van der Waals surface area contributed by atoms with Crippen LogP contribution in [0.25, 0.3) is 22.0 Å². The number of hydrogen-bond donors (Lipinski definition) is 0. The maximum atomic E-state index is 13.8. The molecule has 10 nitrogen and oxygen atoms in total. The third-order valence-electron chi connectivity index (χ3n) is 6.25. The van der Waals surface area contributed by atoms with Crippen molar-refractivity contribution in [1.82, 2.24) is 19.3 Å². The molecule has 0 amide bonds. The third kappa shape index (κ3) is 3.40. The Morgan fingerprint density at radius 3 is 2.29 bits per heavy atom. The van der Waals surface area contributed by atoms with E-state index in [1.54, 1.807) is 39.8 Å². The van der Waals surface area contributed by atoms with Gasteiger partial charge in [-0.05, 0) is 30.7 Å². The molecule has 2 aromatic heterocycles. The maximum absolute atomic E-state index is 13.8. The van der Waals surface area contributed by atoms with Gasteiger partial charge in [-0.15, -0.1) is 12.4 Å². The van der Waals surface area contributed by atoms with E-state index in [0.717, 1.165) is 0 Å². The predicted molar refractivity (Wildman–Crippen MR) is 128 cm³/mol. The number of aryl methyl sites for hydroxylation is 1. The van der Waals surface area contributed by atoms with Crippen molar-refractivity contribution in [2.45, 2.75) is 19.5 Å². The minimum Gasteiger partial charge on any atom is -0.493 e. The average Bonchev–Trinajstić information content (AvgIpc) is 3.59. The zero-order valence-corrected chi connectivity index (χ0v) is 19.8. The smallest absolute Gasteiger partial charge is 0.259 e. The highest BCUT2D eigenvalue weighted by molar-refractivity contribution is 6.27. The van der Waals surface area contributed by atoms with Crippen LogP contribution in [0.4, 0.5) is 0 Å². The third-order valence-corrected chi connectivity index (χ3v) is 6.25. The Labute approximate surface area is 205 Å². The van der Waals surface area contributed by atoms with Gasteiger partial charge in [-0.2, -0.15) is 5.10 Å². The molecule has 11 heteroatoms. The van der Waals surface area contributed by atoms with Crippen molar-refractivity contribution in [1.29, 1.82) is 0 Å². The molecule has 0 atom stereocenters. The number of nitrogens with zero attached hydrogens (tertiary/aromatic N) is 4. The van der Waals surface area contributed by atoms with Gasteiger partial charge in [0.05, 0.1) is 30.9 Å². The summed E-state index contributed by atoms with van der Waals surface area (Å²) in [5, 5.41) is 5.03. The molecule has 3 heterocycles. The number of fused-ring (bicyclic) bond motifs is 6. The topological polar surface area (TPSA) is 107 Å². The van der Waals surface area contributed by atoms with E-state index in [1.807, 2.05) is 0 Å². The van der Waals surface area contributed by atoms with Crippen LogP contribution in [0.5, 0.6) is 23.0 Å². The van der Waals surface area contributed by atoms with Gasteiger partial charge in [0.2, 0.25) is 6.79 Å². The molecule has 0 fully saturated rings. The first kappa shape index (κ1) is 22.7. The molecule has 4 aromatic rings. The lowest BCUT2D eigenvalue weighted by molar-refractivity contribution is 0.104. The van der Waals surface area contributed by atoms with E-state index in [1.165, 1.54) is 20.5 Å². The van der Waals surface area contributed by atoms with E-state index >= 15 is 0 Å². The quantitative estimate of drug-likeness (QED) is 0.353. The summed E-state index contributed by atoms with van der Waals surface area (Å²) in [7, 11) is 3.03. The van der Waals surface area contributed by atoms with Crippen molar-refractivity contribution in [3.63, 3.8) is 0 Å². The van der Waals surface area contributed by atoms with Crippen molar-refractivity contribution in [3.05, 3.63) is 58.4 Å². The second-order valence-electron chi connectivity index (χ2n) is 8.03. The number of methoxy groups -OCH3 is 2. The Morgan fingerprint density at radius 2 is 1.63 bits per heavy atom. The monoisotopic (exact) mass is 496 g/mol. The second kappa shape index (κ2) is 8.62. The number of rotatable bonds is 6. The number of aromatic nitrogens is 4. The predicted octanol–water partition coefficient (Wildman–Crippen LogP) is 3.06. The number of ether oxygens (including phenoxy) is 4. The first-order chi connectivity index (χ1) is 16.6. The normalized spacial score (nSPS) is 12.9. The van der Waals surface area contributed by atoms with Crippen LogP contribution in [-0.2, 0) is 13.1 Å². The summed E-state index contributed by atoms with van der Waals surface area (Å²) in [5.74, 6) is 1.76. The lowest BCUT2D eigenvalue weighted by Gasteiger charge is -2.17. The van der Waals surface area contributed by atoms with Crippen LogP contribution in [0.1, 0.15) is 22.3 Å². The zero-order valence-electron chi connectivity index (χ0n) is 18.9. The van der Waals surface area contributed by atoms with E-state index in [-0.39, 0.29) is 30.5 Å². The summed E-state index contributed by atoms with van der Waals surface area (Å²) < 4.78 is 25.3. The fraction of sp³-hybridized carbons (Fsp3) is 0.250. The molecular formula is C24H21ClN4O6. The number of ketones is 1. The molecule has 0 bridgehead atoms. The highest BCUT2D eigenvalue weighted by Crippen LogP contribution is 2.46. The molecule has 2 aliphatic rings. The molecule has 180 valence electrons. The molecule has 0 saturated carbocycles. The average molecular weight is 497 g/mol. The van der Waals surface area contributed by atoms with Crippen molar-refractivity contribution < 1.29 is 23.7 Å². The second-order valence-corrected chi connectivity index (χ2v) is 8.03. The summed E-state index contributed by atoms with van der Waals surface area (Å²) >= 11 is 0.